The normalized spacial score (nSPS) is 24.2. The lowest BCUT2D eigenvalue weighted by Gasteiger charge is -2.37. The van der Waals surface area contributed by atoms with Gasteiger partial charge >= 0.3 is 0 Å². The molecule has 3 aliphatic rings. The Morgan fingerprint density at radius 1 is 1.00 bits per heavy atom. The van der Waals surface area contributed by atoms with Crippen LogP contribution >= 0.6 is 0 Å². The fourth-order valence-corrected chi connectivity index (χ4v) is 5.80. The van der Waals surface area contributed by atoms with E-state index in [1.807, 2.05) is 6.07 Å². The van der Waals surface area contributed by atoms with E-state index >= 15 is 0 Å². The number of rotatable bonds is 4. The Balaban J connectivity index is 1.29. The van der Waals surface area contributed by atoms with Crippen LogP contribution in [0, 0.1) is 0 Å². The van der Waals surface area contributed by atoms with Crippen LogP contribution in [0.15, 0.2) is 30.3 Å². The van der Waals surface area contributed by atoms with Crippen molar-refractivity contribution in [3.63, 3.8) is 0 Å². The quantitative estimate of drug-likeness (QED) is 0.811. The maximum atomic E-state index is 13.7. The van der Waals surface area contributed by atoms with Gasteiger partial charge in [0.25, 0.3) is 0 Å². The maximum Gasteiger partial charge on any atom is 0.230 e. The Hall–Kier alpha value is -2.21. The first kappa shape index (κ1) is 20.7. The van der Waals surface area contributed by atoms with Gasteiger partial charge in [-0.3, -0.25) is 4.79 Å². The Morgan fingerprint density at radius 3 is 2.55 bits per heavy atom. The SMILES string of the molecule is O=C(NC1CCc2nnc(C3CCOCC3)n2CC1)C1(c2ccccc2)CCCCC1. The molecule has 1 aromatic heterocycles. The summed E-state index contributed by atoms with van der Waals surface area (Å²) in [6, 6.07) is 10.6. The summed E-state index contributed by atoms with van der Waals surface area (Å²) < 4.78 is 7.85. The molecule has 0 spiro atoms. The lowest BCUT2D eigenvalue weighted by atomic mass is 9.68. The molecule has 1 atom stereocenters. The third-order valence-electron chi connectivity index (χ3n) is 7.66. The summed E-state index contributed by atoms with van der Waals surface area (Å²) in [5, 5.41) is 12.5. The molecular weight excluding hydrogens is 388 g/mol. The van der Waals surface area contributed by atoms with Crippen LogP contribution in [-0.2, 0) is 27.9 Å². The second-order valence-electron chi connectivity index (χ2n) is 9.52. The zero-order valence-corrected chi connectivity index (χ0v) is 18.4. The van der Waals surface area contributed by atoms with E-state index in [1.165, 1.54) is 12.0 Å². The predicted octanol–water partition coefficient (Wildman–Crippen LogP) is 3.90. The van der Waals surface area contributed by atoms with E-state index in [1.54, 1.807) is 0 Å². The monoisotopic (exact) mass is 422 g/mol. The number of carbonyl (C=O) groups excluding carboxylic acids is 1. The highest BCUT2D eigenvalue weighted by atomic mass is 16.5. The summed E-state index contributed by atoms with van der Waals surface area (Å²) >= 11 is 0. The highest BCUT2D eigenvalue weighted by Gasteiger charge is 2.41. The summed E-state index contributed by atoms with van der Waals surface area (Å²) in [6.45, 7) is 2.51. The molecule has 1 saturated heterocycles. The number of hydrogen-bond donors (Lipinski definition) is 1. The van der Waals surface area contributed by atoms with Crippen molar-refractivity contribution in [3.05, 3.63) is 47.5 Å². The van der Waals surface area contributed by atoms with E-state index in [9.17, 15) is 4.79 Å². The second-order valence-corrected chi connectivity index (χ2v) is 9.52. The van der Waals surface area contributed by atoms with Crippen LogP contribution < -0.4 is 5.32 Å². The van der Waals surface area contributed by atoms with Crippen LogP contribution in [0.4, 0.5) is 0 Å². The van der Waals surface area contributed by atoms with Gasteiger partial charge in [0.05, 0.1) is 5.41 Å². The van der Waals surface area contributed by atoms with Crippen LogP contribution in [0.3, 0.4) is 0 Å². The van der Waals surface area contributed by atoms with Crippen LogP contribution in [-0.4, -0.2) is 39.9 Å². The number of fused-ring (bicyclic) bond motifs is 1. The highest BCUT2D eigenvalue weighted by Crippen LogP contribution is 2.40. The van der Waals surface area contributed by atoms with E-state index in [-0.39, 0.29) is 17.4 Å². The summed E-state index contributed by atoms with van der Waals surface area (Å²) in [5.74, 6) is 2.88. The molecule has 1 unspecified atom stereocenters. The molecule has 5 rings (SSSR count). The first-order valence-electron chi connectivity index (χ1n) is 12.1. The fraction of sp³-hybridized carbons (Fsp3) is 0.640. The van der Waals surface area contributed by atoms with Gasteiger partial charge in [0.2, 0.25) is 5.91 Å². The van der Waals surface area contributed by atoms with Crippen molar-refractivity contribution in [1.82, 2.24) is 20.1 Å². The van der Waals surface area contributed by atoms with E-state index in [2.05, 4.69) is 44.3 Å². The number of nitrogens with one attached hydrogen (secondary N) is 1. The van der Waals surface area contributed by atoms with E-state index in [0.717, 1.165) is 89.2 Å². The van der Waals surface area contributed by atoms with Crippen molar-refractivity contribution in [3.8, 4) is 0 Å². The minimum Gasteiger partial charge on any atom is -0.381 e. The number of amides is 1. The fourth-order valence-electron chi connectivity index (χ4n) is 5.80. The molecule has 0 bridgehead atoms. The van der Waals surface area contributed by atoms with Gasteiger partial charge in [-0.05, 0) is 44.1 Å². The lowest BCUT2D eigenvalue weighted by Crippen LogP contribution is -2.49. The average Bonchev–Trinajstić information content (AvgIpc) is 3.14. The first-order chi connectivity index (χ1) is 15.3. The van der Waals surface area contributed by atoms with Crippen LogP contribution in [0.5, 0.6) is 0 Å². The number of hydrogen-bond acceptors (Lipinski definition) is 4. The van der Waals surface area contributed by atoms with Crippen LogP contribution in [0.1, 0.15) is 80.9 Å². The zero-order valence-electron chi connectivity index (χ0n) is 18.4. The highest BCUT2D eigenvalue weighted by molar-refractivity contribution is 5.88. The molecule has 31 heavy (non-hydrogen) atoms. The van der Waals surface area contributed by atoms with E-state index in [4.69, 9.17) is 4.74 Å². The molecule has 2 aromatic rings. The summed E-state index contributed by atoms with van der Waals surface area (Å²) in [5.41, 5.74) is 0.813. The standard InChI is InChI=1S/C25H34N4O2/c30-24(25(14-5-2-6-15-25)20-7-3-1-4-8-20)26-21-9-10-22-27-28-23(29(22)16-11-21)19-12-17-31-18-13-19/h1,3-4,7-8,19,21H,2,5-6,9-18H2,(H,26,30). The van der Waals surface area contributed by atoms with Crippen molar-refractivity contribution < 1.29 is 9.53 Å². The van der Waals surface area contributed by atoms with Gasteiger partial charge in [0.15, 0.2) is 0 Å². The van der Waals surface area contributed by atoms with Gasteiger partial charge < -0.3 is 14.6 Å². The van der Waals surface area contributed by atoms with Gasteiger partial charge in [-0.2, -0.15) is 0 Å². The molecule has 6 nitrogen and oxygen atoms in total. The molecule has 1 saturated carbocycles. The predicted molar refractivity (Wildman–Crippen MR) is 119 cm³/mol. The molecule has 1 aromatic carbocycles. The maximum absolute atomic E-state index is 13.7. The van der Waals surface area contributed by atoms with E-state index in [0.29, 0.717) is 5.92 Å². The molecule has 1 aliphatic carbocycles. The number of carbonyl (C=O) groups is 1. The molecule has 2 fully saturated rings. The topological polar surface area (TPSA) is 69.0 Å². The third kappa shape index (κ3) is 4.14. The average molecular weight is 423 g/mol. The second kappa shape index (κ2) is 9.11. The molecule has 0 radical (unpaired) electrons. The van der Waals surface area contributed by atoms with Gasteiger partial charge in [0, 0.05) is 38.1 Å². The lowest BCUT2D eigenvalue weighted by molar-refractivity contribution is -0.128. The smallest absolute Gasteiger partial charge is 0.230 e. The number of benzene rings is 1. The van der Waals surface area contributed by atoms with Crippen molar-refractivity contribution in [1.29, 1.82) is 0 Å². The van der Waals surface area contributed by atoms with Crippen molar-refractivity contribution in [2.24, 2.45) is 0 Å². The largest absolute Gasteiger partial charge is 0.381 e. The van der Waals surface area contributed by atoms with Gasteiger partial charge in [-0.1, -0.05) is 49.6 Å². The number of ether oxygens (including phenoxy) is 1. The molecule has 6 heteroatoms. The minimum atomic E-state index is -0.367. The van der Waals surface area contributed by atoms with Crippen LogP contribution in [0.25, 0.3) is 0 Å². The number of aromatic nitrogens is 3. The zero-order chi connectivity index (χ0) is 21.1. The molecule has 2 aliphatic heterocycles. The number of aryl methyl sites for hydroxylation is 1. The Labute approximate surface area is 184 Å². The summed E-state index contributed by atoms with van der Waals surface area (Å²) in [7, 11) is 0. The summed E-state index contributed by atoms with van der Waals surface area (Å²) in [4.78, 5) is 13.7. The Kier molecular flexibility index (Phi) is 6.08. The van der Waals surface area contributed by atoms with Crippen molar-refractivity contribution in [2.45, 2.75) is 88.1 Å². The number of nitrogens with zero attached hydrogens (tertiary/aromatic N) is 3. The van der Waals surface area contributed by atoms with Crippen molar-refractivity contribution in [2.75, 3.05) is 13.2 Å². The van der Waals surface area contributed by atoms with Crippen LogP contribution in [0.2, 0.25) is 0 Å². The molecular formula is C25H34N4O2. The molecule has 166 valence electrons. The third-order valence-corrected chi connectivity index (χ3v) is 7.66. The molecule has 1 N–H and O–H groups in total. The summed E-state index contributed by atoms with van der Waals surface area (Å²) in [6.07, 6.45) is 10.2. The van der Waals surface area contributed by atoms with Gasteiger partial charge in [0.1, 0.15) is 11.6 Å². The molecule has 3 heterocycles. The Bertz CT molecular complexity index is 882. The van der Waals surface area contributed by atoms with E-state index < -0.39 is 0 Å². The first-order valence-corrected chi connectivity index (χ1v) is 12.1. The van der Waals surface area contributed by atoms with Crippen molar-refractivity contribution >= 4 is 5.91 Å². The molecule has 1 amide bonds. The van der Waals surface area contributed by atoms with Gasteiger partial charge in [-0.25, -0.2) is 0 Å². The minimum absolute atomic E-state index is 0.194. The Morgan fingerprint density at radius 2 is 1.77 bits per heavy atom. The van der Waals surface area contributed by atoms with Gasteiger partial charge in [-0.15, -0.1) is 10.2 Å².